The molecular weight excluding hydrogens is 392 g/mol. The van der Waals surface area contributed by atoms with E-state index in [1.54, 1.807) is 7.05 Å². The maximum absolute atomic E-state index is 12.6. The van der Waals surface area contributed by atoms with Crippen molar-refractivity contribution in [2.75, 3.05) is 42.8 Å². The van der Waals surface area contributed by atoms with Gasteiger partial charge in [0.05, 0.1) is 7.11 Å². The topological polar surface area (TPSA) is 73.9 Å². The maximum atomic E-state index is 12.6. The highest BCUT2D eigenvalue weighted by Crippen LogP contribution is 2.22. The van der Waals surface area contributed by atoms with Gasteiger partial charge in [0.1, 0.15) is 6.04 Å². The summed E-state index contributed by atoms with van der Waals surface area (Å²) in [5.74, 6) is -0.0970. The zero-order valence-corrected chi connectivity index (χ0v) is 18.6. The molecule has 3 rings (SSSR count). The Balaban J connectivity index is 1.50. The smallest absolute Gasteiger partial charge is 0.409 e. The lowest BCUT2D eigenvalue weighted by Crippen LogP contribution is -2.32. The minimum Gasteiger partial charge on any atom is -0.453 e. The van der Waals surface area contributed by atoms with Crippen LogP contribution in [0.2, 0.25) is 0 Å². The predicted octanol–water partition coefficient (Wildman–Crippen LogP) is 4.31. The van der Waals surface area contributed by atoms with Crippen molar-refractivity contribution in [3.63, 3.8) is 0 Å². The van der Waals surface area contributed by atoms with Crippen LogP contribution >= 0.6 is 0 Å². The molecule has 2 aromatic carbocycles. The van der Waals surface area contributed by atoms with Crippen molar-refractivity contribution >= 4 is 29.1 Å². The van der Waals surface area contributed by atoms with Crippen LogP contribution in [0.5, 0.6) is 0 Å². The summed E-state index contributed by atoms with van der Waals surface area (Å²) in [6.45, 7) is 4.49. The fourth-order valence-corrected chi connectivity index (χ4v) is 3.67. The second-order valence-corrected chi connectivity index (χ2v) is 7.97. The van der Waals surface area contributed by atoms with Gasteiger partial charge in [0.2, 0.25) is 5.91 Å². The number of anilines is 3. The molecule has 0 bridgehead atoms. The largest absolute Gasteiger partial charge is 0.453 e. The minimum atomic E-state index is -0.398. The molecule has 2 aromatic rings. The molecule has 166 valence electrons. The molecule has 0 aromatic heterocycles. The van der Waals surface area contributed by atoms with Gasteiger partial charge in [-0.25, -0.2) is 4.79 Å². The molecule has 1 heterocycles. The van der Waals surface area contributed by atoms with Gasteiger partial charge in [-0.2, -0.15) is 0 Å². The first-order valence-electron chi connectivity index (χ1n) is 10.8. The Kier molecular flexibility index (Phi) is 7.76. The third-order valence-electron chi connectivity index (χ3n) is 5.49. The molecule has 2 N–H and O–H groups in total. The van der Waals surface area contributed by atoms with Gasteiger partial charge in [0, 0.05) is 43.7 Å². The summed E-state index contributed by atoms with van der Waals surface area (Å²) in [5.41, 5.74) is 3.82. The van der Waals surface area contributed by atoms with E-state index in [0.717, 1.165) is 30.0 Å². The van der Waals surface area contributed by atoms with Crippen LogP contribution in [0, 0.1) is 0 Å². The predicted molar refractivity (Wildman–Crippen MR) is 125 cm³/mol. The van der Waals surface area contributed by atoms with E-state index in [2.05, 4.69) is 27.7 Å². The summed E-state index contributed by atoms with van der Waals surface area (Å²) in [7, 11) is 3.05. The van der Waals surface area contributed by atoms with E-state index in [1.165, 1.54) is 37.0 Å². The van der Waals surface area contributed by atoms with Gasteiger partial charge in [-0.3, -0.25) is 4.79 Å². The van der Waals surface area contributed by atoms with E-state index in [-0.39, 0.29) is 12.0 Å². The van der Waals surface area contributed by atoms with Crippen LogP contribution in [0.15, 0.2) is 48.5 Å². The van der Waals surface area contributed by atoms with Crippen LogP contribution in [0.3, 0.4) is 0 Å². The molecular formula is C24H32N4O3. The summed E-state index contributed by atoms with van der Waals surface area (Å²) >= 11 is 0. The summed E-state index contributed by atoms with van der Waals surface area (Å²) < 4.78 is 4.70. The lowest BCUT2D eigenvalue weighted by atomic mass is 10.1. The van der Waals surface area contributed by atoms with Crippen LogP contribution in [-0.4, -0.2) is 50.2 Å². The van der Waals surface area contributed by atoms with Crippen LogP contribution in [-0.2, 0) is 16.1 Å². The minimum absolute atomic E-state index is 0.0970. The van der Waals surface area contributed by atoms with Gasteiger partial charge in [-0.15, -0.1) is 0 Å². The molecule has 1 aliphatic heterocycles. The maximum Gasteiger partial charge on any atom is 0.409 e. The monoisotopic (exact) mass is 424 g/mol. The van der Waals surface area contributed by atoms with E-state index < -0.39 is 6.04 Å². The fourth-order valence-electron chi connectivity index (χ4n) is 3.67. The van der Waals surface area contributed by atoms with E-state index in [1.807, 2.05) is 43.3 Å². The zero-order chi connectivity index (χ0) is 22.2. The van der Waals surface area contributed by atoms with Crippen LogP contribution < -0.4 is 15.5 Å². The molecule has 1 saturated heterocycles. The quantitative estimate of drug-likeness (QED) is 0.693. The van der Waals surface area contributed by atoms with Crippen molar-refractivity contribution < 1.29 is 14.3 Å². The van der Waals surface area contributed by atoms with Gasteiger partial charge in [-0.05, 0) is 68.1 Å². The Morgan fingerprint density at radius 3 is 2.23 bits per heavy atom. The highest BCUT2D eigenvalue weighted by Gasteiger charge is 2.15. The Morgan fingerprint density at radius 1 is 1.00 bits per heavy atom. The SMILES string of the molecule is COC(=O)N(C)Cc1ccc(NC(C)C(=O)Nc2ccc(N3CCCCC3)cc2)cc1. The first-order valence-corrected chi connectivity index (χ1v) is 10.8. The number of hydrogen-bond acceptors (Lipinski definition) is 5. The molecule has 0 saturated carbocycles. The molecule has 0 aliphatic carbocycles. The number of carbonyl (C=O) groups excluding carboxylic acids is 2. The molecule has 2 amide bonds. The molecule has 7 nitrogen and oxygen atoms in total. The normalized spacial score (nSPS) is 14.5. The Hall–Kier alpha value is -3.22. The molecule has 7 heteroatoms. The number of nitrogens with zero attached hydrogens (tertiary/aromatic N) is 2. The lowest BCUT2D eigenvalue weighted by molar-refractivity contribution is -0.116. The van der Waals surface area contributed by atoms with Gasteiger partial charge < -0.3 is 25.2 Å². The van der Waals surface area contributed by atoms with E-state index >= 15 is 0 Å². The number of hydrogen-bond donors (Lipinski definition) is 2. The first-order chi connectivity index (χ1) is 15.0. The molecule has 31 heavy (non-hydrogen) atoms. The second kappa shape index (κ2) is 10.7. The number of rotatable bonds is 7. The first kappa shape index (κ1) is 22.5. The van der Waals surface area contributed by atoms with Gasteiger partial charge in [0.25, 0.3) is 0 Å². The van der Waals surface area contributed by atoms with Gasteiger partial charge in [-0.1, -0.05) is 12.1 Å². The number of methoxy groups -OCH3 is 1. The van der Waals surface area contributed by atoms with Crippen molar-refractivity contribution in [3.05, 3.63) is 54.1 Å². The van der Waals surface area contributed by atoms with Crippen molar-refractivity contribution in [3.8, 4) is 0 Å². The third kappa shape index (κ3) is 6.38. The van der Waals surface area contributed by atoms with Crippen molar-refractivity contribution in [1.29, 1.82) is 0 Å². The molecule has 1 fully saturated rings. The van der Waals surface area contributed by atoms with E-state index in [4.69, 9.17) is 4.74 Å². The molecule has 0 spiro atoms. The molecule has 1 unspecified atom stereocenters. The van der Waals surface area contributed by atoms with E-state index in [9.17, 15) is 9.59 Å². The van der Waals surface area contributed by atoms with Crippen molar-refractivity contribution in [2.45, 2.75) is 38.8 Å². The number of benzene rings is 2. The summed E-state index contributed by atoms with van der Waals surface area (Å²) in [4.78, 5) is 28.0. The summed E-state index contributed by atoms with van der Waals surface area (Å²) in [6, 6.07) is 15.3. The lowest BCUT2D eigenvalue weighted by Gasteiger charge is -2.28. The number of carbonyl (C=O) groups is 2. The highest BCUT2D eigenvalue weighted by molar-refractivity contribution is 5.96. The Morgan fingerprint density at radius 2 is 1.61 bits per heavy atom. The summed E-state index contributed by atoms with van der Waals surface area (Å²) in [5, 5.41) is 6.18. The summed E-state index contributed by atoms with van der Waals surface area (Å²) in [6.07, 6.45) is 3.41. The fraction of sp³-hybridized carbons (Fsp3) is 0.417. The van der Waals surface area contributed by atoms with Crippen molar-refractivity contribution in [2.24, 2.45) is 0 Å². The third-order valence-corrected chi connectivity index (χ3v) is 5.49. The highest BCUT2D eigenvalue weighted by atomic mass is 16.5. The number of amides is 2. The number of ether oxygens (including phenoxy) is 1. The van der Waals surface area contributed by atoms with Gasteiger partial charge in [0.15, 0.2) is 0 Å². The van der Waals surface area contributed by atoms with Crippen molar-refractivity contribution in [1.82, 2.24) is 4.90 Å². The molecule has 1 atom stereocenters. The molecule has 1 aliphatic rings. The number of piperidine rings is 1. The average molecular weight is 425 g/mol. The van der Waals surface area contributed by atoms with Gasteiger partial charge >= 0.3 is 6.09 Å². The Bertz CT molecular complexity index is 861. The van der Waals surface area contributed by atoms with E-state index in [0.29, 0.717) is 6.54 Å². The van der Waals surface area contributed by atoms with Crippen LogP contribution in [0.4, 0.5) is 21.9 Å². The van der Waals surface area contributed by atoms with Crippen LogP contribution in [0.25, 0.3) is 0 Å². The Labute approximate surface area is 184 Å². The average Bonchev–Trinajstić information content (AvgIpc) is 2.80. The molecule has 0 radical (unpaired) electrons. The number of nitrogens with one attached hydrogen (secondary N) is 2. The van der Waals surface area contributed by atoms with Crippen LogP contribution in [0.1, 0.15) is 31.7 Å². The standard InChI is InChI=1S/C24H32N4O3/c1-18(25-20-9-7-19(8-10-20)17-27(2)24(30)31-3)23(29)26-21-11-13-22(14-12-21)28-15-5-4-6-16-28/h7-14,18,25H,4-6,15-17H2,1-3H3,(H,26,29). The second-order valence-electron chi connectivity index (χ2n) is 7.97. The zero-order valence-electron chi connectivity index (χ0n) is 18.6.